The van der Waals surface area contributed by atoms with Gasteiger partial charge in [0, 0.05) is 12.3 Å². The van der Waals surface area contributed by atoms with Crippen molar-refractivity contribution < 1.29 is 17.9 Å². The highest BCUT2D eigenvalue weighted by molar-refractivity contribution is 5.33. The molecule has 18 heavy (non-hydrogen) atoms. The molecule has 0 aliphatic heterocycles. The first-order chi connectivity index (χ1) is 8.52. The molecule has 0 unspecified atom stereocenters. The van der Waals surface area contributed by atoms with Crippen molar-refractivity contribution in [3.05, 3.63) is 36.3 Å². The molecule has 0 saturated heterocycles. The van der Waals surface area contributed by atoms with E-state index in [-0.39, 0.29) is 18.2 Å². The van der Waals surface area contributed by atoms with Crippen LogP contribution in [0.4, 0.5) is 13.2 Å². The summed E-state index contributed by atoms with van der Waals surface area (Å²) in [5, 5.41) is 3.77. The molecule has 0 spiro atoms. The minimum absolute atomic E-state index is 0.0614. The topological polar surface area (TPSA) is 39.9 Å². The summed E-state index contributed by atoms with van der Waals surface area (Å²) >= 11 is 0. The molecule has 0 saturated carbocycles. The lowest BCUT2D eigenvalue weighted by molar-refractivity contribution is -0.142. The highest BCUT2D eigenvalue weighted by atomic mass is 19.4. The fourth-order valence-corrected chi connectivity index (χ4v) is 1.46. The Hall–Kier alpha value is -2.05. The van der Waals surface area contributed by atoms with E-state index in [9.17, 15) is 13.2 Å². The molecule has 96 valence electrons. The lowest BCUT2D eigenvalue weighted by Crippen LogP contribution is -2.13. The molecule has 0 N–H and O–H groups in total. The maximum Gasteiger partial charge on any atom is 0.433 e. The molecular formula is C11H10F3N3O. The van der Waals surface area contributed by atoms with E-state index in [1.807, 2.05) is 0 Å². The highest BCUT2D eigenvalue weighted by Gasteiger charge is 2.36. The van der Waals surface area contributed by atoms with Gasteiger partial charge in [0.15, 0.2) is 5.69 Å². The van der Waals surface area contributed by atoms with Gasteiger partial charge in [-0.15, -0.1) is 5.10 Å². The van der Waals surface area contributed by atoms with Crippen LogP contribution in [0.3, 0.4) is 0 Å². The highest BCUT2D eigenvalue weighted by Crippen LogP contribution is 2.33. The molecule has 2 aromatic heterocycles. The Morgan fingerprint density at radius 2 is 2.17 bits per heavy atom. The van der Waals surface area contributed by atoms with E-state index in [1.54, 1.807) is 6.92 Å². The number of alkyl halides is 3. The lowest BCUT2D eigenvalue weighted by Gasteiger charge is -2.08. The van der Waals surface area contributed by atoms with E-state index >= 15 is 0 Å². The average molecular weight is 257 g/mol. The Morgan fingerprint density at radius 1 is 1.39 bits per heavy atom. The van der Waals surface area contributed by atoms with Gasteiger partial charge in [-0.25, -0.2) is 4.68 Å². The Bertz CT molecular complexity index is 522. The number of hydrogen-bond donors (Lipinski definition) is 0. The summed E-state index contributed by atoms with van der Waals surface area (Å²) in [5.74, 6) is -0.0614. The molecule has 4 nitrogen and oxygen atoms in total. The zero-order valence-corrected chi connectivity index (χ0v) is 9.48. The largest absolute Gasteiger partial charge is 0.477 e. The predicted octanol–water partition coefficient (Wildman–Crippen LogP) is 2.68. The molecule has 2 heterocycles. The quantitative estimate of drug-likeness (QED) is 0.848. The van der Waals surface area contributed by atoms with Crippen molar-refractivity contribution in [3.8, 4) is 11.6 Å². The van der Waals surface area contributed by atoms with Crippen molar-refractivity contribution in [1.29, 1.82) is 0 Å². The zero-order chi connectivity index (χ0) is 13.2. The normalized spacial score (nSPS) is 11.6. The molecular weight excluding hydrogens is 247 g/mol. The predicted molar refractivity (Wildman–Crippen MR) is 57.5 cm³/mol. The van der Waals surface area contributed by atoms with E-state index in [0.29, 0.717) is 0 Å². The van der Waals surface area contributed by atoms with Gasteiger partial charge < -0.3 is 4.74 Å². The van der Waals surface area contributed by atoms with Gasteiger partial charge in [0.05, 0.1) is 18.5 Å². The van der Waals surface area contributed by atoms with Crippen LogP contribution >= 0.6 is 0 Å². The number of rotatable bonds is 3. The molecule has 7 heteroatoms. The molecule has 0 aliphatic rings. The Kier molecular flexibility index (Phi) is 3.22. The van der Waals surface area contributed by atoms with Crippen molar-refractivity contribution in [3.63, 3.8) is 0 Å². The van der Waals surface area contributed by atoms with Crippen molar-refractivity contribution in [2.24, 2.45) is 0 Å². The molecule has 0 fully saturated rings. The van der Waals surface area contributed by atoms with Crippen LogP contribution in [0.2, 0.25) is 0 Å². The van der Waals surface area contributed by atoms with Gasteiger partial charge in [0.2, 0.25) is 5.88 Å². The minimum Gasteiger partial charge on any atom is -0.477 e. The van der Waals surface area contributed by atoms with Crippen molar-refractivity contribution in [2.75, 3.05) is 6.61 Å². The van der Waals surface area contributed by atoms with Gasteiger partial charge in [0.1, 0.15) is 0 Å². The standard InChI is InChI=1S/C11H10F3N3O/c1-2-18-10-6-9(11(12,13)14)17(16-10)8-4-3-5-15-7-8/h3-7H,2H2,1H3. The minimum atomic E-state index is -4.50. The summed E-state index contributed by atoms with van der Waals surface area (Å²) in [4.78, 5) is 3.77. The first-order valence-electron chi connectivity index (χ1n) is 5.23. The van der Waals surface area contributed by atoms with Gasteiger partial charge in [-0.05, 0) is 19.1 Å². The van der Waals surface area contributed by atoms with Crippen LogP contribution in [0.25, 0.3) is 5.69 Å². The third kappa shape index (κ3) is 2.44. The zero-order valence-electron chi connectivity index (χ0n) is 9.48. The van der Waals surface area contributed by atoms with Crippen LogP contribution in [0.15, 0.2) is 30.6 Å². The number of pyridine rings is 1. The van der Waals surface area contributed by atoms with Crippen LogP contribution in [0.1, 0.15) is 12.6 Å². The van der Waals surface area contributed by atoms with Gasteiger partial charge in [-0.2, -0.15) is 13.2 Å². The maximum atomic E-state index is 12.9. The van der Waals surface area contributed by atoms with Gasteiger partial charge in [-0.3, -0.25) is 4.98 Å². The first kappa shape index (κ1) is 12.4. The maximum absolute atomic E-state index is 12.9. The summed E-state index contributed by atoms with van der Waals surface area (Å²) in [7, 11) is 0. The SMILES string of the molecule is CCOc1cc(C(F)(F)F)n(-c2cccnc2)n1. The molecule has 0 atom stereocenters. The van der Waals surface area contributed by atoms with E-state index in [0.717, 1.165) is 10.7 Å². The van der Waals surface area contributed by atoms with Crippen LogP contribution in [0, 0.1) is 0 Å². The summed E-state index contributed by atoms with van der Waals surface area (Å²) in [5.41, 5.74) is -0.658. The lowest BCUT2D eigenvalue weighted by atomic mass is 10.3. The van der Waals surface area contributed by atoms with Crippen LogP contribution in [-0.4, -0.2) is 21.4 Å². The molecule has 0 amide bonds. The first-order valence-corrected chi connectivity index (χ1v) is 5.23. The summed E-state index contributed by atoms with van der Waals surface area (Å²) in [6, 6.07) is 3.90. The van der Waals surface area contributed by atoms with Crippen LogP contribution in [0.5, 0.6) is 5.88 Å². The Balaban J connectivity index is 2.51. The number of aromatic nitrogens is 3. The fourth-order valence-electron chi connectivity index (χ4n) is 1.46. The van der Waals surface area contributed by atoms with Gasteiger partial charge >= 0.3 is 6.18 Å². The average Bonchev–Trinajstić information content (AvgIpc) is 2.75. The summed E-state index contributed by atoms with van der Waals surface area (Å²) in [6.45, 7) is 1.93. The number of hydrogen-bond acceptors (Lipinski definition) is 3. The molecule has 0 aromatic carbocycles. The second-order valence-corrected chi connectivity index (χ2v) is 3.42. The van der Waals surface area contributed by atoms with Crippen molar-refractivity contribution >= 4 is 0 Å². The Labute approximate surface area is 101 Å². The monoisotopic (exact) mass is 257 g/mol. The van der Waals surface area contributed by atoms with Crippen LogP contribution in [-0.2, 0) is 6.18 Å². The molecule has 0 aliphatic carbocycles. The van der Waals surface area contributed by atoms with Crippen LogP contribution < -0.4 is 4.74 Å². The molecule has 2 aromatic rings. The van der Waals surface area contributed by atoms with Gasteiger partial charge in [-0.1, -0.05) is 0 Å². The second-order valence-electron chi connectivity index (χ2n) is 3.42. The van der Waals surface area contributed by atoms with Crippen molar-refractivity contribution in [2.45, 2.75) is 13.1 Å². The van der Waals surface area contributed by atoms with Crippen molar-refractivity contribution in [1.82, 2.24) is 14.8 Å². The molecule has 0 radical (unpaired) electrons. The van der Waals surface area contributed by atoms with E-state index in [1.165, 1.54) is 24.5 Å². The smallest absolute Gasteiger partial charge is 0.433 e. The summed E-state index contributed by atoms with van der Waals surface area (Å²) < 4.78 is 44.3. The van der Waals surface area contributed by atoms with Gasteiger partial charge in [0.25, 0.3) is 0 Å². The van der Waals surface area contributed by atoms with E-state index < -0.39 is 11.9 Å². The van der Waals surface area contributed by atoms with E-state index in [2.05, 4.69) is 10.1 Å². The molecule has 0 bridgehead atoms. The number of halogens is 3. The number of ether oxygens (including phenoxy) is 1. The number of nitrogens with zero attached hydrogens (tertiary/aromatic N) is 3. The summed E-state index contributed by atoms with van der Waals surface area (Å²) in [6.07, 6.45) is -1.72. The third-order valence-corrected chi connectivity index (χ3v) is 2.16. The third-order valence-electron chi connectivity index (χ3n) is 2.16. The second kappa shape index (κ2) is 4.67. The fraction of sp³-hybridized carbons (Fsp3) is 0.273. The Morgan fingerprint density at radius 3 is 2.72 bits per heavy atom. The van der Waals surface area contributed by atoms with E-state index in [4.69, 9.17) is 4.74 Å². The molecule has 2 rings (SSSR count).